The first kappa shape index (κ1) is 12.9. The van der Waals surface area contributed by atoms with Crippen molar-refractivity contribution in [2.24, 2.45) is 0 Å². The van der Waals surface area contributed by atoms with Gasteiger partial charge in [0.05, 0.1) is 0 Å². The van der Waals surface area contributed by atoms with Crippen molar-refractivity contribution in [1.29, 1.82) is 0 Å². The average molecular weight is 244 g/mol. The van der Waals surface area contributed by atoms with Gasteiger partial charge in [0.1, 0.15) is 0 Å². The Morgan fingerprint density at radius 3 is 2.53 bits per heavy atom. The average Bonchev–Trinajstić information content (AvgIpc) is 2.26. The first-order valence-corrected chi connectivity index (χ1v) is 7.03. The molecule has 0 aromatic heterocycles. The standard InChI is InChI=1S/C12H18ClNS/c1-3-12(14-8-9-15-2)10-4-6-11(13)7-5-10/h4-7,12,14H,3,8-9H2,1-2H3. The van der Waals surface area contributed by atoms with Crippen molar-refractivity contribution in [2.45, 2.75) is 19.4 Å². The molecule has 84 valence electrons. The molecule has 1 unspecified atom stereocenters. The molecule has 1 N–H and O–H groups in total. The summed E-state index contributed by atoms with van der Waals surface area (Å²) in [6, 6.07) is 8.56. The Kier molecular flexibility index (Phi) is 6.15. The smallest absolute Gasteiger partial charge is 0.0406 e. The largest absolute Gasteiger partial charge is 0.309 e. The molecule has 0 bridgehead atoms. The number of thioether (sulfide) groups is 1. The number of hydrogen-bond donors (Lipinski definition) is 1. The van der Waals surface area contributed by atoms with E-state index in [1.807, 2.05) is 23.9 Å². The molecule has 0 heterocycles. The van der Waals surface area contributed by atoms with Crippen molar-refractivity contribution in [2.75, 3.05) is 18.6 Å². The molecule has 1 aromatic rings. The van der Waals surface area contributed by atoms with Crippen molar-refractivity contribution < 1.29 is 0 Å². The first-order valence-electron chi connectivity index (χ1n) is 5.25. The van der Waals surface area contributed by atoms with Gasteiger partial charge in [0.25, 0.3) is 0 Å². The number of hydrogen-bond acceptors (Lipinski definition) is 2. The monoisotopic (exact) mass is 243 g/mol. The molecule has 0 aliphatic heterocycles. The van der Waals surface area contributed by atoms with E-state index in [1.54, 1.807) is 0 Å². The van der Waals surface area contributed by atoms with Gasteiger partial charge in [0, 0.05) is 23.4 Å². The first-order chi connectivity index (χ1) is 7.27. The van der Waals surface area contributed by atoms with Crippen molar-refractivity contribution in [1.82, 2.24) is 5.32 Å². The normalized spacial score (nSPS) is 12.7. The molecule has 0 fully saturated rings. The molecule has 1 aromatic carbocycles. The molecule has 0 aliphatic rings. The van der Waals surface area contributed by atoms with Gasteiger partial charge < -0.3 is 5.32 Å². The highest BCUT2D eigenvalue weighted by Gasteiger charge is 2.07. The molecule has 0 saturated heterocycles. The van der Waals surface area contributed by atoms with Crippen LogP contribution in [0.5, 0.6) is 0 Å². The lowest BCUT2D eigenvalue weighted by Crippen LogP contribution is -2.23. The van der Waals surface area contributed by atoms with E-state index in [9.17, 15) is 0 Å². The van der Waals surface area contributed by atoms with Gasteiger partial charge in [-0.3, -0.25) is 0 Å². The summed E-state index contributed by atoms with van der Waals surface area (Å²) in [5, 5.41) is 4.35. The third-order valence-electron chi connectivity index (χ3n) is 2.38. The van der Waals surface area contributed by atoms with E-state index in [0.29, 0.717) is 6.04 Å². The molecule has 1 nitrogen and oxygen atoms in total. The third kappa shape index (κ3) is 4.45. The van der Waals surface area contributed by atoms with Crippen LogP contribution in [0.2, 0.25) is 5.02 Å². The quantitative estimate of drug-likeness (QED) is 0.764. The van der Waals surface area contributed by atoms with Crippen LogP contribution in [0.25, 0.3) is 0 Å². The highest BCUT2D eigenvalue weighted by atomic mass is 35.5. The van der Waals surface area contributed by atoms with Crippen LogP contribution < -0.4 is 5.32 Å². The minimum Gasteiger partial charge on any atom is -0.309 e. The van der Waals surface area contributed by atoms with Gasteiger partial charge in [-0.1, -0.05) is 30.7 Å². The van der Waals surface area contributed by atoms with Crippen LogP contribution in [0.15, 0.2) is 24.3 Å². The number of rotatable bonds is 6. The molecular weight excluding hydrogens is 226 g/mol. The fourth-order valence-electron chi connectivity index (χ4n) is 1.53. The van der Waals surface area contributed by atoms with Crippen LogP contribution in [0.3, 0.4) is 0 Å². The van der Waals surface area contributed by atoms with Crippen LogP contribution in [-0.4, -0.2) is 18.6 Å². The molecule has 1 rings (SSSR count). The van der Waals surface area contributed by atoms with Gasteiger partial charge >= 0.3 is 0 Å². The van der Waals surface area contributed by atoms with Crippen LogP contribution >= 0.6 is 23.4 Å². The fourth-order valence-corrected chi connectivity index (χ4v) is 1.98. The summed E-state index contributed by atoms with van der Waals surface area (Å²) in [6.07, 6.45) is 3.24. The van der Waals surface area contributed by atoms with Crippen molar-refractivity contribution >= 4 is 23.4 Å². The van der Waals surface area contributed by atoms with E-state index in [-0.39, 0.29) is 0 Å². The lowest BCUT2D eigenvalue weighted by Gasteiger charge is -2.17. The van der Waals surface area contributed by atoms with E-state index in [4.69, 9.17) is 11.6 Å². The summed E-state index contributed by atoms with van der Waals surface area (Å²) in [5.41, 5.74) is 1.32. The zero-order valence-electron chi connectivity index (χ0n) is 9.29. The lowest BCUT2D eigenvalue weighted by atomic mass is 10.1. The van der Waals surface area contributed by atoms with Gasteiger partial charge in [-0.15, -0.1) is 0 Å². The Balaban J connectivity index is 2.53. The highest BCUT2D eigenvalue weighted by molar-refractivity contribution is 7.98. The maximum atomic E-state index is 5.86. The molecule has 0 amide bonds. The van der Waals surface area contributed by atoms with Gasteiger partial charge in [0.15, 0.2) is 0 Å². The molecular formula is C12H18ClNS. The Morgan fingerprint density at radius 2 is 2.00 bits per heavy atom. The lowest BCUT2D eigenvalue weighted by molar-refractivity contribution is 0.540. The molecule has 15 heavy (non-hydrogen) atoms. The predicted octanol–water partition coefficient (Wildman–Crippen LogP) is 3.74. The summed E-state index contributed by atoms with van der Waals surface area (Å²) in [7, 11) is 0. The molecule has 0 radical (unpaired) electrons. The maximum absolute atomic E-state index is 5.86. The second-order valence-electron chi connectivity index (χ2n) is 3.46. The van der Waals surface area contributed by atoms with Gasteiger partial charge in [-0.2, -0.15) is 11.8 Å². The van der Waals surface area contributed by atoms with Crippen LogP contribution in [0, 0.1) is 0 Å². The topological polar surface area (TPSA) is 12.0 Å². The Labute approximate surface area is 102 Å². The van der Waals surface area contributed by atoms with E-state index < -0.39 is 0 Å². The molecule has 0 saturated carbocycles. The molecule has 0 aliphatic carbocycles. The molecule has 0 spiro atoms. The number of halogens is 1. The highest BCUT2D eigenvalue weighted by Crippen LogP contribution is 2.18. The van der Waals surface area contributed by atoms with Crippen molar-refractivity contribution in [3.05, 3.63) is 34.9 Å². The van der Waals surface area contributed by atoms with Gasteiger partial charge in [-0.05, 0) is 30.4 Å². The van der Waals surface area contributed by atoms with E-state index in [0.717, 1.165) is 23.7 Å². The van der Waals surface area contributed by atoms with E-state index >= 15 is 0 Å². The zero-order chi connectivity index (χ0) is 11.1. The maximum Gasteiger partial charge on any atom is 0.0406 e. The third-order valence-corrected chi connectivity index (χ3v) is 3.24. The molecule has 3 heteroatoms. The van der Waals surface area contributed by atoms with Crippen LogP contribution in [0.1, 0.15) is 24.9 Å². The predicted molar refractivity (Wildman–Crippen MR) is 70.9 cm³/mol. The van der Waals surface area contributed by atoms with E-state index in [1.165, 1.54) is 5.56 Å². The molecule has 1 atom stereocenters. The summed E-state index contributed by atoms with van der Waals surface area (Å²) in [6.45, 7) is 3.26. The minimum atomic E-state index is 0.453. The van der Waals surface area contributed by atoms with E-state index in [2.05, 4.69) is 30.6 Å². The van der Waals surface area contributed by atoms with Crippen molar-refractivity contribution in [3.63, 3.8) is 0 Å². The Bertz CT molecular complexity index is 273. The summed E-state index contributed by atoms with van der Waals surface area (Å²) >= 11 is 7.73. The summed E-state index contributed by atoms with van der Waals surface area (Å²) in [4.78, 5) is 0. The summed E-state index contributed by atoms with van der Waals surface area (Å²) in [5.74, 6) is 1.16. The number of benzene rings is 1. The van der Waals surface area contributed by atoms with Gasteiger partial charge in [-0.25, -0.2) is 0 Å². The fraction of sp³-hybridized carbons (Fsp3) is 0.500. The second-order valence-corrected chi connectivity index (χ2v) is 4.88. The van der Waals surface area contributed by atoms with Crippen molar-refractivity contribution in [3.8, 4) is 0 Å². The minimum absolute atomic E-state index is 0.453. The van der Waals surface area contributed by atoms with Crippen LogP contribution in [0.4, 0.5) is 0 Å². The second kappa shape index (κ2) is 7.15. The van der Waals surface area contributed by atoms with Gasteiger partial charge in [0.2, 0.25) is 0 Å². The Hall–Kier alpha value is -0.180. The number of nitrogens with one attached hydrogen (secondary N) is 1. The summed E-state index contributed by atoms with van der Waals surface area (Å²) < 4.78 is 0. The zero-order valence-corrected chi connectivity index (χ0v) is 10.9. The SMILES string of the molecule is CCC(NCCSC)c1ccc(Cl)cc1. The Morgan fingerprint density at radius 1 is 1.33 bits per heavy atom. The van der Waals surface area contributed by atoms with Crippen LogP contribution in [-0.2, 0) is 0 Å².